The highest BCUT2D eigenvalue weighted by Crippen LogP contribution is 2.44. The Kier molecular flexibility index (Phi) is 10.4. The van der Waals surface area contributed by atoms with E-state index in [9.17, 15) is 9.59 Å². The molecule has 12 heteroatoms. The standard InChI is InChI=1S/C25H25N3O3.C24H23N3O3/c1-30-19-9-3-16(4-10-19)25(17-5-11-20(31-2)12-6-17)14-13-21-22(15-25)27-28-23(21)24(29)26-18-7-8-18;1-29-18-7-3-16(4-8-18)24(17-5-9-19(30-2)10-6-17)12-11-20-21(15-24)25-26-22(20)23(28)27-13-14-27/h3-6,9-14,18H,7-8,15H2,1-2H3,(H,26,29)(H,27,28);3-12H,13-15H2,1-2H3,(H,25,26). The van der Waals surface area contributed by atoms with Gasteiger partial charge in [0.05, 0.1) is 28.4 Å². The van der Waals surface area contributed by atoms with Crippen molar-refractivity contribution in [2.45, 2.75) is 42.6 Å². The summed E-state index contributed by atoms with van der Waals surface area (Å²) in [7, 11) is 6.67. The van der Waals surface area contributed by atoms with Crippen molar-refractivity contribution < 1.29 is 28.5 Å². The van der Waals surface area contributed by atoms with Crippen LogP contribution in [0.1, 0.15) is 78.6 Å². The molecule has 61 heavy (non-hydrogen) atoms. The number of ether oxygens (including phenoxy) is 4. The van der Waals surface area contributed by atoms with Gasteiger partial charge in [0.1, 0.15) is 23.0 Å². The van der Waals surface area contributed by atoms with Crippen LogP contribution in [0.25, 0.3) is 12.2 Å². The van der Waals surface area contributed by atoms with E-state index in [1.54, 1.807) is 33.3 Å². The fraction of sp³-hybridized carbons (Fsp3) is 0.265. The Bertz CT molecular complexity index is 2500. The van der Waals surface area contributed by atoms with Crippen LogP contribution in [0.2, 0.25) is 0 Å². The molecule has 0 atom stereocenters. The van der Waals surface area contributed by atoms with E-state index in [1.165, 1.54) is 0 Å². The molecule has 0 bridgehead atoms. The van der Waals surface area contributed by atoms with E-state index in [4.69, 9.17) is 18.9 Å². The zero-order valence-corrected chi connectivity index (χ0v) is 34.7. The topological polar surface area (TPSA) is 143 Å². The van der Waals surface area contributed by atoms with Gasteiger partial charge in [0.2, 0.25) is 0 Å². The van der Waals surface area contributed by atoms with Crippen molar-refractivity contribution in [2.75, 3.05) is 41.5 Å². The minimum absolute atomic E-state index is 0.00135. The predicted octanol–water partition coefficient (Wildman–Crippen LogP) is 7.31. The molecule has 0 unspecified atom stereocenters. The second kappa shape index (κ2) is 16.2. The van der Waals surface area contributed by atoms with Gasteiger partial charge < -0.3 is 29.2 Å². The Morgan fingerprint density at radius 3 is 1.28 bits per heavy atom. The average Bonchev–Trinajstić information content (AvgIpc) is 4.26. The van der Waals surface area contributed by atoms with Crippen molar-refractivity contribution in [1.29, 1.82) is 0 Å². The fourth-order valence-corrected chi connectivity index (χ4v) is 8.43. The van der Waals surface area contributed by atoms with Gasteiger partial charge in [-0.3, -0.25) is 19.8 Å². The third-order valence-electron chi connectivity index (χ3n) is 12.2. The first-order valence-electron chi connectivity index (χ1n) is 20.5. The SMILES string of the molecule is COc1ccc(C2(c3ccc(OC)cc3)C=Cc3c(C(=O)N4CC4)n[nH]c3C2)cc1.COc1ccc(C2(c3ccc(OC)cc3)C=Cc3c(C(=O)NC4CC4)n[nH]c3C2)cc1. The molecule has 10 rings (SSSR count). The zero-order chi connectivity index (χ0) is 42.1. The Labute approximate surface area is 354 Å². The number of H-pyrrole nitrogens is 2. The molecule has 310 valence electrons. The summed E-state index contributed by atoms with van der Waals surface area (Å²) in [6, 6.07) is 32.9. The lowest BCUT2D eigenvalue weighted by Gasteiger charge is -2.34. The van der Waals surface area contributed by atoms with Crippen LogP contribution in [-0.2, 0) is 23.7 Å². The van der Waals surface area contributed by atoms with Crippen LogP contribution >= 0.6 is 0 Å². The van der Waals surface area contributed by atoms with Crippen molar-refractivity contribution >= 4 is 24.0 Å². The van der Waals surface area contributed by atoms with Crippen LogP contribution in [0.3, 0.4) is 0 Å². The lowest BCUT2D eigenvalue weighted by molar-refractivity contribution is 0.0879. The number of amides is 2. The number of nitrogens with one attached hydrogen (secondary N) is 3. The molecular weight excluding hydrogens is 769 g/mol. The molecule has 4 aliphatic rings. The Hall–Kier alpha value is -7.08. The Morgan fingerprint density at radius 2 is 0.934 bits per heavy atom. The van der Waals surface area contributed by atoms with E-state index >= 15 is 0 Å². The molecular formula is C49H48N6O6. The summed E-state index contributed by atoms with van der Waals surface area (Å²) in [6.07, 6.45) is 11.9. The molecule has 1 aliphatic heterocycles. The molecule has 12 nitrogen and oxygen atoms in total. The van der Waals surface area contributed by atoms with Gasteiger partial charge in [-0.2, -0.15) is 10.2 Å². The van der Waals surface area contributed by atoms with Crippen molar-refractivity contribution in [3.8, 4) is 23.0 Å². The molecule has 2 fully saturated rings. The van der Waals surface area contributed by atoms with Gasteiger partial charge in [0.25, 0.3) is 11.8 Å². The Balaban J connectivity index is 0.000000156. The minimum atomic E-state index is -0.400. The maximum atomic E-state index is 12.6. The summed E-state index contributed by atoms with van der Waals surface area (Å²) in [5.41, 5.74) is 8.43. The van der Waals surface area contributed by atoms with Crippen LogP contribution in [0.4, 0.5) is 0 Å². The molecule has 6 aromatic rings. The molecule has 3 N–H and O–H groups in total. The van der Waals surface area contributed by atoms with Crippen LogP contribution in [0.15, 0.2) is 109 Å². The van der Waals surface area contributed by atoms with Gasteiger partial charge in [-0.15, -0.1) is 0 Å². The fourth-order valence-electron chi connectivity index (χ4n) is 8.43. The van der Waals surface area contributed by atoms with E-state index < -0.39 is 10.8 Å². The van der Waals surface area contributed by atoms with Gasteiger partial charge in [-0.1, -0.05) is 72.8 Å². The highest BCUT2D eigenvalue weighted by atomic mass is 16.5. The third-order valence-corrected chi connectivity index (χ3v) is 12.2. The van der Waals surface area contributed by atoms with E-state index in [2.05, 4.69) is 86.4 Å². The minimum Gasteiger partial charge on any atom is -0.497 e. The number of aromatic nitrogens is 4. The first-order valence-corrected chi connectivity index (χ1v) is 20.5. The first-order chi connectivity index (χ1) is 29.8. The molecule has 3 heterocycles. The lowest BCUT2D eigenvalue weighted by atomic mass is 9.68. The van der Waals surface area contributed by atoms with Crippen molar-refractivity contribution in [3.05, 3.63) is 165 Å². The Morgan fingerprint density at radius 1 is 0.574 bits per heavy atom. The normalized spacial score (nSPS) is 16.3. The smallest absolute Gasteiger partial charge is 0.275 e. The first kappa shape index (κ1) is 39.4. The number of rotatable bonds is 11. The van der Waals surface area contributed by atoms with Gasteiger partial charge in [-0.25, -0.2) is 0 Å². The average molecular weight is 817 g/mol. The summed E-state index contributed by atoms with van der Waals surface area (Å²) in [6.45, 7) is 1.62. The monoisotopic (exact) mass is 816 g/mol. The van der Waals surface area contributed by atoms with Crippen molar-refractivity contribution in [3.63, 3.8) is 0 Å². The number of carbonyl (C=O) groups excluding carboxylic acids is 2. The summed E-state index contributed by atoms with van der Waals surface area (Å²) >= 11 is 0. The van der Waals surface area contributed by atoms with E-state index in [0.717, 1.165) is 93.7 Å². The largest absolute Gasteiger partial charge is 0.497 e. The number of aromatic amines is 2. The number of benzene rings is 4. The van der Waals surface area contributed by atoms with Crippen LogP contribution in [0.5, 0.6) is 23.0 Å². The van der Waals surface area contributed by atoms with Gasteiger partial charge in [-0.05, 0) is 83.6 Å². The maximum absolute atomic E-state index is 12.6. The maximum Gasteiger partial charge on any atom is 0.275 e. The van der Waals surface area contributed by atoms with Crippen LogP contribution in [-0.4, -0.2) is 84.7 Å². The van der Waals surface area contributed by atoms with E-state index in [-0.39, 0.29) is 11.8 Å². The van der Waals surface area contributed by atoms with Crippen molar-refractivity contribution in [2.24, 2.45) is 0 Å². The second-order valence-corrected chi connectivity index (χ2v) is 15.8. The van der Waals surface area contributed by atoms with Crippen LogP contribution in [0, 0.1) is 0 Å². The third kappa shape index (κ3) is 7.54. The predicted molar refractivity (Wildman–Crippen MR) is 233 cm³/mol. The number of hydrogen-bond donors (Lipinski definition) is 3. The summed E-state index contributed by atoms with van der Waals surface area (Å²) in [5, 5.41) is 18.0. The number of hydrogen-bond acceptors (Lipinski definition) is 8. The molecule has 1 saturated carbocycles. The number of nitrogens with zero attached hydrogens (tertiary/aromatic N) is 3. The lowest BCUT2D eigenvalue weighted by Crippen LogP contribution is -2.31. The molecule has 0 spiro atoms. The van der Waals surface area contributed by atoms with E-state index in [0.29, 0.717) is 30.3 Å². The van der Waals surface area contributed by atoms with Crippen LogP contribution < -0.4 is 24.3 Å². The van der Waals surface area contributed by atoms with Crippen molar-refractivity contribution in [1.82, 2.24) is 30.6 Å². The zero-order valence-electron chi connectivity index (χ0n) is 34.7. The molecule has 0 radical (unpaired) electrons. The number of methoxy groups -OCH3 is 4. The second-order valence-electron chi connectivity index (χ2n) is 15.8. The number of allylic oxidation sites excluding steroid dienone is 2. The van der Waals surface area contributed by atoms with Gasteiger partial charge >= 0.3 is 0 Å². The molecule has 2 amide bonds. The van der Waals surface area contributed by atoms with E-state index in [1.807, 2.05) is 60.7 Å². The van der Waals surface area contributed by atoms with Gasteiger partial charge in [0.15, 0.2) is 11.4 Å². The quantitative estimate of drug-likeness (QED) is 0.116. The van der Waals surface area contributed by atoms with Gasteiger partial charge in [0, 0.05) is 65.3 Å². The highest BCUT2D eigenvalue weighted by molar-refractivity contribution is 5.98. The summed E-state index contributed by atoms with van der Waals surface area (Å²) < 4.78 is 21.4. The summed E-state index contributed by atoms with van der Waals surface area (Å²) in [4.78, 5) is 27.0. The summed E-state index contributed by atoms with van der Waals surface area (Å²) in [5.74, 6) is 3.16. The number of fused-ring (bicyclic) bond motifs is 2. The molecule has 4 aromatic carbocycles. The molecule has 3 aliphatic carbocycles. The number of carbonyl (C=O) groups is 2. The highest BCUT2D eigenvalue weighted by Gasteiger charge is 2.40. The molecule has 2 aromatic heterocycles. The molecule has 1 saturated heterocycles.